The number of pyridine rings is 1. The zero-order valence-electron chi connectivity index (χ0n) is 5.57. The molecule has 0 aliphatic heterocycles. The van der Waals surface area contributed by atoms with Crippen LogP contribution in [0.25, 0.3) is 0 Å². The Morgan fingerprint density at radius 2 is 2.08 bits per heavy atom. The second kappa shape index (κ2) is 3.18. The SMILES string of the molecule is O=c1cc(C(F)F)c(F)c(Cl)[nH]1. The number of rotatable bonds is 1. The van der Waals surface area contributed by atoms with Crippen molar-refractivity contribution in [1.29, 1.82) is 0 Å². The number of halogens is 4. The van der Waals surface area contributed by atoms with Crippen LogP contribution >= 0.6 is 11.6 Å². The third-order valence-corrected chi connectivity index (χ3v) is 1.46. The van der Waals surface area contributed by atoms with Crippen molar-refractivity contribution in [2.75, 3.05) is 0 Å². The molecule has 12 heavy (non-hydrogen) atoms. The first-order valence-electron chi connectivity index (χ1n) is 2.88. The van der Waals surface area contributed by atoms with E-state index in [1.807, 2.05) is 4.98 Å². The first-order valence-corrected chi connectivity index (χ1v) is 3.26. The molecule has 6 heteroatoms. The van der Waals surface area contributed by atoms with Gasteiger partial charge in [0.05, 0.1) is 5.56 Å². The molecule has 0 unspecified atom stereocenters. The van der Waals surface area contributed by atoms with Crippen molar-refractivity contribution >= 4 is 11.6 Å². The fraction of sp³-hybridized carbons (Fsp3) is 0.167. The first-order chi connectivity index (χ1) is 5.52. The van der Waals surface area contributed by atoms with Gasteiger partial charge in [0.25, 0.3) is 6.43 Å². The lowest BCUT2D eigenvalue weighted by Crippen LogP contribution is -2.09. The summed E-state index contributed by atoms with van der Waals surface area (Å²) in [5.74, 6) is -1.29. The third kappa shape index (κ3) is 1.61. The van der Waals surface area contributed by atoms with Gasteiger partial charge in [0, 0.05) is 6.07 Å². The van der Waals surface area contributed by atoms with E-state index in [0.29, 0.717) is 6.07 Å². The van der Waals surface area contributed by atoms with Crippen LogP contribution in [0.1, 0.15) is 12.0 Å². The monoisotopic (exact) mass is 197 g/mol. The van der Waals surface area contributed by atoms with Crippen molar-refractivity contribution in [1.82, 2.24) is 4.98 Å². The van der Waals surface area contributed by atoms with Crippen LogP contribution in [0, 0.1) is 5.82 Å². The highest BCUT2D eigenvalue weighted by Gasteiger charge is 2.16. The highest BCUT2D eigenvalue weighted by atomic mass is 35.5. The van der Waals surface area contributed by atoms with Gasteiger partial charge in [-0.05, 0) is 0 Å². The van der Waals surface area contributed by atoms with Gasteiger partial charge in [-0.1, -0.05) is 11.6 Å². The number of hydrogen-bond acceptors (Lipinski definition) is 1. The third-order valence-electron chi connectivity index (χ3n) is 1.20. The molecule has 0 saturated heterocycles. The fourth-order valence-electron chi connectivity index (χ4n) is 0.689. The maximum Gasteiger partial charge on any atom is 0.266 e. The van der Waals surface area contributed by atoms with Crippen molar-refractivity contribution < 1.29 is 13.2 Å². The van der Waals surface area contributed by atoms with Gasteiger partial charge in [0.1, 0.15) is 5.15 Å². The minimum Gasteiger partial charge on any atom is -0.311 e. The largest absolute Gasteiger partial charge is 0.311 e. The van der Waals surface area contributed by atoms with E-state index in [1.54, 1.807) is 0 Å². The summed E-state index contributed by atoms with van der Waals surface area (Å²) in [7, 11) is 0. The summed E-state index contributed by atoms with van der Waals surface area (Å²) in [6.07, 6.45) is -3.04. The second-order valence-electron chi connectivity index (χ2n) is 2.02. The first kappa shape index (κ1) is 9.12. The summed E-state index contributed by atoms with van der Waals surface area (Å²) in [5, 5.41) is -0.696. The summed E-state index contributed by atoms with van der Waals surface area (Å²) in [6.45, 7) is 0. The quantitative estimate of drug-likeness (QED) is 0.687. The second-order valence-corrected chi connectivity index (χ2v) is 2.40. The molecule has 0 spiro atoms. The predicted octanol–water partition coefficient (Wildman–Crippen LogP) is 2.11. The molecule has 2 nitrogen and oxygen atoms in total. The van der Waals surface area contributed by atoms with Crippen LogP contribution in [-0.4, -0.2) is 4.98 Å². The molecule has 0 aromatic carbocycles. The predicted molar refractivity (Wildman–Crippen MR) is 37.0 cm³/mol. The summed E-state index contributed by atoms with van der Waals surface area (Å²) in [4.78, 5) is 12.4. The van der Waals surface area contributed by atoms with Crippen molar-refractivity contribution in [3.63, 3.8) is 0 Å². The van der Waals surface area contributed by atoms with Crippen LogP contribution in [0.2, 0.25) is 5.15 Å². The molecule has 0 radical (unpaired) electrons. The molecule has 0 atom stereocenters. The Bertz CT molecular complexity index is 349. The van der Waals surface area contributed by atoms with Gasteiger partial charge in [-0.25, -0.2) is 13.2 Å². The van der Waals surface area contributed by atoms with E-state index in [0.717, 1.165) is 0 Å². The molecule has 1 aromatic rings. The molecule has 0 saturated carbocycles. The van der Waals surface area contributed by atoms with Crippen molar-refractivity contribution in [2.24, 2.45) is 0 Å². The van der Waals surface area contributed by atoms with E-state index in [4.69, 9.17) is 11.6 Å². The Morgan fingerprint density at radius 1 is 1.50 bits per heavy atom. The molecule has 1 N–H and O–H groups in total. The molecular weight excluding hydrogens is 195 g/mol. The van der Waals surface area contributed by atoms with E-state index in [1.165, 1.54) is 0 Å². The van der Waals surface area contributed by atoms with Crippen LogP contribution in [0.3, 0.4) is 0 Å². The van der Waals surface area contributed by atoms with Crippen molar-refractivity contribution in [2.45, 2.75) is 6.43 Å². The zero-order valence-corrected chi connectivity index (χ0v) is 6.33. The molecule has 1 rings (SSSR count). The van der Waals surface area contributed by atoms with Gasteiger partial charge in [-0.2, -0.15) is 0 Å². The van der Waals surface area contributed by atoms with Crippen LogP contribution in [0.5, 0.6) is 0 Å². The normalized spacial score (nSPS) is 10.8. The molecule has 0 fully saturated rings. The standard InChI is InChI=1S/C6H3ClF3NO/c7-5-4(8)2(6(9)10)1-3(12)11-5/h1,6H,(H,11,12). The topological polar surface area (TPSA) is 32.9 Å². The van der Waals surface area contributed by atoms with E-state index in [2.05, 4.69) is 0 Å². The van der Waals surface area contributed by atoms with E-state index in [9.17, 15) is 18.0 Å². The Balaban J connectivity index is 3.38. The highest BCUT2D eigenvalue weighted by Crippen LogP contribution is 2.23. The van der Waals surface area contributed by atoms with Crippen molar-refractivity contribution in [3.8, 4) is 0 Å². The zero-order chi connectivity index (χ0) is 9.30. The molecule has 0 aliphatic rings. The maximum absolute atomic E-state index is 12.7. The summed E-state index contributed by atoms with van der Waals surface area (Å²) >= 11 is 5.10. The summed E-state index contributed by atoms with van der Waals surface area (Å²) in [5.41, 5.74) is -1.83. The number of nitrogens with one attached hydrogen (secondary N) is 1. The van der Waals surface area contributed by atoms with Crippen LogP contribution in [-0.2, 0) is 0 Å². The number of H-pyrrole nitrogens is 1. The lowest BCUT2D eigenvalue weighted by molar-refractivity contribution is 0.146. The number of aromatic nitrogens is 1. The minimum absolute atomic E-state index is 0.478. The molecule has 1 aromatic heterocycles. The smallest absolute Gasteiger partial charge is 0.266 e. The van der Waals surface area contributed by atoms with E-state index >= 15 is 0 Å². The van der Waals surface area contributed by atoms with Crippen molar-refractivity contribution in [3.05, 3.63) is 33.0 Å². The fourth-order valence-corrected chi connectivity index (χ4v) is 0.891. The Morgan fingerprint density at radius 3 is 2.58 bits per heavy atom. The molecule has 0 amide bonds. The van der Waals surface area contributed by atoms with Gasteiger partial charge in [-0.3, -0.25) is 4.79 Å². The lowest BCUT2D eigenvalue weighted by atomic mass is 10.3. The number of aromatic amines is 1. The van der Waals surface area contributed by atoms with Crippen LogP contribution in [0.4, 0.5) is 13.2 Å². The highest BCUT2D eigenvalue weighted by molar-refractivity contribution is 6.29. The molecule has 1 heterocycles. The van der Waals surface area contributed by atoms with Gasteiger partial charge < -0.3 is 4.98 Å². The van der Waals surface area contributed by atoms with Gasteiger partial charge in [0.2, 0.25) is 5.56 Å². The van der Waals surface area contributed by atoms with Crippen LogP contribution in [0.15, 0.2) is 10.9 Å². The maximum atomic E-state index is 12.7. The number of hydrogen-bond donors (Lipinski definition) is 1. The van der Waals surface area contributed by atoms with E-state index < -0.39 is 28.5 Å². The Kier molecular flexibility index (Phi) is 2.42. The molecular formula is C6H3ClF3NO. The average molecular weight is 198 g/mol. The van der Waals surface area contributed by atoms with Gasteiger partial charge in [-0.15, -0.1) is 0 Å². The minimum atomic E-state index is -3.04. The van der Waals surface area contributed by atoms with Crippen LogP contribution < -0.4 is 5.56 Å². The van der Waals surface area contributed by atoms with E-state index in [-0.39, 0.29) is 0 Å². The summed E-state index contributed by atoms with van der Waals surface area (Å²) < 4.78 is 36.5. The molecule has 0 bridgehead atoms. The summed E-state index contributed by atoms with van der Waals surface area (Å²) in [6, 6.07) is 0.478. The lowest BCUT2D eigenvalue weighted by Gasteiger charge is -2.00. The molecule has 66 valence electrons. The average Bonchev–Trinajstić information content (AvgIpc) is 1.96. The Labute approximate surface area is 70.0 Å². The van der Waals surface area contributed by atoms with Gasteiger partial charge >= 0.3 is 0 Å². The number of alkyl halides is 2. The Hall–Kier alpha value is -0.970. The molecule has 0 aliphatic carbocycles. The van der Waals surface area contributed by atoms with Gasteiger partial charge in [0.15, 0.2) is 5.82 Å².